The summed E-state index contributed by atoms with van der Waals surface area (Å²) in [5.74, 6) is -0.115. The Morgan fingerprint density at radius 1 is 1.17 bits per heavy atom. The second kappa shape index (κ2) is 6.09. The third-order valence-corrected chi connectivity index (χ3v) is 5.14. The molecule has 3 aromatic rings. The van der Waals surface area contributed by atoms with Crippen molar-refractivity contribution in [2.24, 2.45) is 0 Å². The van der Waals surface area contributed by atoms with Gasteiger partial charge in [-0.3, -0.25) is 9.69 Å². The van der Waals surface area contributed by atoms with E-state index in [0.717, 1.165) is 11.3 Å². The normalized spacial score (nSPS) is 16.7. The molecule has 120 valence electrons. The molecule has 0 bridgehead atoms. The van der Waals surface area contributed by atoms with Crippen LogP contribution in [0.15, 0.2) is 54.0 Å². The second-order valence-electron chi connectivity index (χ2n) is 5.25. The molecule has 1 atom stereocenters. The molecule has 0 radical (unpaired) electrons. The Balaban J connectivity index is 1.88. The fourth-order valence-corrected chi connectivity index (χ4v) is 3.91. The lowest BCUT2D eigenvalue weighted by Gasteiger charge is -2.36. The van der Waals surface area contributed by atoms with Crippen molar-refractivity contribution in [1.29, 1.82) is 0 Å². The summed E-state index contributed by atoms with van der Waals surface area (Å²) in [5.41, 5.74) is 2.14. The van der Waals surface area contributed by atoms with Gasteiger partial charge in [-0.2, -0.15) is 0 Å². The lowest BCUT2D eigenvalue weighted by atomic mass is 10.0. The van der Waals surface area contributed by atoms with Gasteiger partial charge in [-0.1, -0.05) is 41.4 Å². The fourth-order valence-electron chi connectivity index (χ4n) is 2.73. The van der Waals surface area contributed by atoms with Gasteiger partial charge >= 0.3 is 0 Å². The highest BCUT2D eigenvalue weighted by molar-refractivity contribution is 7.13. The fraction of sp³-hybridized carbons (Fsp3) is 0.0588. The zero-order chi connectivity index (χ0) is 16.7. The van der Waals surface area contributed by atoms with Crippen molar-refractivity contribution in [3.63, 3.8) is 0 Å². The van der Waals surface area contributed by atoms with Crippen LogP contribution in [0.2, 0.25) is 10.0 Å². The number of hydrogen-bond acceptors (Lipinski definition) is 4. The van der Waals surface area contributed by atoms with Crippen LogP contribution >= 0.6 is 34.5 Å². The van der Waals surface area contributed by atoms with Crippen molar-refractivity contribution >= 4 is 51.3 Å². The van der Waals surface area contributed by atoms with Crippen molar-refractivity contribution in [3.05, 3.63) is 75.2 Å². The molecular weight excluding hydrogens is 365 g/mol. The van der Waals surface area contributed by atoms with Gasteiger partial charge in [0.2, 0.25) is 0 Å². The molecule has 2 aromatic carbocycles. The summed E-state index contributed by atoms with van der Waals surface area (Å²) in [7, 11) is 0. The van der Waals surface area contributed by atoms with Crippen molar-refractivity contribution in [1.82, 2.24) is 4.98 Å². The van der Waals surface area contributed by atoms with Gasteiger partial charge in [0.25, 0.3) is 5.91 Å². The summed E-state index contributed by atoms with van der Waals surface area (Å²) < 4.78 is 0. The van der Waals surface area contributed by atoms with E-state index in [4.69, 9.17) is 23.2 Å². The molecule has 1 aromatic heterocycles. The maximum Gasteiger partial charge on any atom is 0.264 e. The number of fused-ring (bicyclic) bond motifs is 1. The molecule has 2 heterocycles. The number of benzene rings is 2. The van der Waals surface area contributed by atoms with E-state index in [1.54, 1.807) is 29.3 Å². The number of hydrogen-bond donors (Lipinski definition) is 1. The minimum absolute atomic E-state index is 0.115. The molecule has 0 saturated carbocycles. The van der Waals surface area contributed by atoms with E-state index in [-0.39, 0.29) is 5.91 Å². The molecule has 1 aliphatic rings. The lowest BCUT2D eigenvalue weighted by Crippen LogP contribution is -2.43. The molecule has 7 heteroatoms. The van der Waals surface area contributed by atoms with E-state index in [2.05, 4.69) is 10.3 Å². The van der Waals surface area contributed by atoms with Gasteiger partial charge in [0, 0.05) is 32.9 Å². The zero-order valence-electron chi connectivity index (χ0n) is 12.2. The van der Waals surface area contributed by atoms with Crippen LogP contribution < -0.4 is 10.2 Å². The molecule has 0 aliphatic carbocycles. The molecule has 4 rings (SSSR count). The highest BCUT2D eigenvalue weighted by atomic mass is 35.5. The number of nitrogens with one attached hydrogen (secondary N) is 1. The van der Waals surface area contributed by atoms with Crippen LogP contribution in [0.3, 0.4) is 0 Å². The molecule has 0 saturated heterocycles. The van der Waals surface area contributed by atoms with Crippen LogP contribution in [0.1, 0.15) is 22.1 Å². The van der Waals surface area contributed by atoms with Crippen LogP contribution in [0.4, 0.5) is 10.8 Å². The number of halogens is 2. The summed E-state index contributed by atoms with van der Waals surface area (Å²) in [4.78, 5) is 19.0. The maximum absolute atomic E-state index is 13.1. The van der Waals surface area contributed by atoms with E-state index in [0.29, 0.717) is 20.7 Å². The molecule has 0 fully saturated rings. The summed E-state index contributed by atoms with van der Waals surface area (Å²) in [5, 5.41) is 6.88. The average molecular weight is 376 g/mol. The number of aromatic nitrogens is 1. The molecule has 4 nitrogen and oxygen atoms in total. The Morgan fingerprint density at radius 3 is 2.75 bits per heavy atom. The first-order valence-corrected chi connectivity index (χ1v) is 8.82. The smallest absolute Gasteiger partial charge is 0.264 e. The number of thiazole rings is 1. The summed E-state index contributed by atoms with van der Waals surface area (Å²) in [6.07, 6.45) is 1.22. The largest absolute Gasteiger partial charge is 0.360 e. The van der Waals surface area contributed by atoms with Crippen LogP contribution in [-0.2, 0) is 0 Å². The monoisotopic (exact) mass is 375 g/mol. The van der Waals surface area contributed by atoms with Crippen LogP contribution in [0, 0.1) is 0 Å². The first-order chi connectivity index (χ1) is 11.6. The highest BCUT2D eigenvalue weighted by Gasteiger charge is 2.36. The third kappa shape index (κ3) is 2.55. The zero-order valence-corrected chi connectivity index (χ0v) is 14.6. The average Bonchev–Trinajstić information content (AvgIpc) is 3.09. The van der Waals surface area contributed by atoms with Gasteiger partial charge in [0.05, 0.1) is 5.56 Å². The number of carbonyl (C=O) groups is 1. The second-order valence-corrected chi connectivity index (χ2v) is 6.96. The standard InChI is InChI=1S/C17H11Cl2N3OS/c18-10-5-6-11(13(19)9-10)15-21-14-4-2-1-3-12(14)16(23)22(15)17-20-7-8-24-17/h1-9,15,21H. The van der Waals surface area contributed by atoms with Crippen molar-refractivity contribution in [2.75, 3.05) is 10.2 Å². The summed E-state index contributed by atoms with van der Waals surface area (Å²) in [6, 6.07) is 12.7. The predicted octanol–water partition coefficient (Wildman–Crippen LogP) is 5.22. The Kier molecular flexibility index (Phi) is 3.92. The molecule has 1 amide bonds. The van der Waals surface area contributed by atoms with Crippen LogP contribution in [0.25, 0.3) is 0 Å². The van der Waals surface area contributed by atoms with E-state index < -0.39 is 6.17 Å². The number of amides is 1. The van der Waals surface area contributed by atoms with E-state index in [1.165, 1.54) is 11.3 Å². The Labute approximate surface area is 152 Å². The quantitative estimate of drug-likeness (QED) is 0.667. The maximum atomic E-state index is 13.1. The number of carbonyl (C=O) groups excluding carboxylic acids is 1. The van der Waals surface area contributed by atoms with E-state index in [1.807, 2.05) is 29.6 Å². The summed E-state index contributed by atoms with van der Waals surface area (Å²) >= 11 is 13.8. The minimum Gasteiger partial charge on any atom is -0.360 e. The SMILES string of the molecule is O=C1c2ccccc2NC(c2ccc(Cl)cc2Cl)N1c1nccs1. The van der Waals surface area contributed by atoms with Gasteiger partial charge < -0.3 is 5.32 Å². The Morgan fingerprint density at radius 2 is 2.00 bits per heavy atom. The van der Waals surface area contributed by atoms with E-state index in [9.17, 15) is 4.79 Å². The lowest BCUT2D eigenvalue weighted by molar-refractivity contribution is 0.0975. The first kappa shape index (κ1) is 15.4. The van der Waals surface area contributed by atoms with Crippen molar-refractivity contribution < 1.29 is 4.79 Å². The van der Waals surface area contributed by atoms with Gasteiger partial charge in [0.1, 0.15) is 6.17 Å². The van der Waals surface area contributed by atoms with Gasteiger partial charge in [-0.15, -0.1) is 11.3 Å². The molecule has 0 spiro atoms. The number of anilines is 2. The topological polar surface area (TPSA) is 45.2 Å². The molecule has 24 heavy (non-hydrogen) atoms. The predicted molar refractivity (Wildman–Crippen MR) is 98.2 cm³/mol. The first-order valence-electron chi connectivity index (χ1n) is 7.19. The molecule has 1 unspecified atom stereocenters. The highest BCUT2D eigenvalue weighted by Crippen LogP contribution is 2.39. The number of rotatable bonds is 2. The molecule has 1 aliphatic heterocycles. The van der Waals surface area contributed by atoms with Crippen LogP contribution in [-0.4, -0.2) is 10.9 Å². The molecular formula is C17H11Cl2N3OS. The number of para-hydroxylation sites is 1. The minimum atomic E-state index is -0.455. The number of nitrogens with zero attached hydrogens (tertiary/aromatic N) is 2. The van der Waals surface area contributed by atoms with Crippen molar-refractivity contribution in [2.45, 2.75) is 6.17 Å². The van der Waals surface area contributed by atoms with Gasteiger partial charge in [-0.05, 0) is 24.3 Å². The molecule has 1 N–H and O–H groups in total. The van der Waals surface area contributed by atoms with Gasteiger partial charge in [-0.25, -0.2) is 4.98 Å². The van der Waals surface area contributed by atoms with Gasteiger partial charge in [0.15, 0.2) is 5.13 Å². The van der Waals surface area contributed by atoms with E-state index >= 15 is 0 Å². The Bertz CT molecular complexity index is 914. The van der Waals surface area contributed by atoms with Crippen LogP contribution in [0.5, 0.6) is 0 Å². The third-order valence-electron chi connectivity index (χ3n) is 3.81. The van der Waals surface area contributed by atoms with Crippen molar-refractivity contribution in [3.8, 4) is 0 Å². The Hall–Kier alpha value is -2.08. The summed E-state index contributed by atoms with van der Waals surface area (Å²) in [6.45, 7) is 0.